The number of rotatable bonds is 5. The van der Waals surface area contributed by atoms with Crippen molar-refractivity contribution in [3.63, 3.8) is 0 Å². The number of nitrogens with zero attached hydrogens (tertiary/aromatic N) is 2. The summed E-state index contributed by atoms with van der Waals surface area (Å²) in [7, 11) is 0. The minimum absolute atomic E-state index is 0.163. The van der Waals surface area contributed by atoms with Crippen LogP contribution in [0.5, 0.6) is 0 Å². The van der Waals surface area contributed by atoms with Crippen LogP contribution in [0.2, 0.25) is 0 Å². The van der Waals surface area contributed by atoms with E-state index >= 15 is 0 Å². The molecule has 1 amide bonds. The van der Waals surface area contributed by atoms with Gasteiger partial charge in [-0.25, -0.2) is 4.79 Å². The van der Waals surface area contributed by atoms with Crippen LogP contribution in [0.25, 0.3) is 0 Å². The van der Waals surface area contributed by atoms with Crippen LogP contribution in [-0.2, 0) is 4.74 Å². The molecule has 1 aromatic carbocycles. The van der Waals surface area contributed by atoms with E-state index in [4.69, 9.17) is 4.74 Å². The Morgan fingerprint density at radius 2 is 1.89 bits per heavy atom. The minimum atomic E-state index is -0.526. The average molecular weight is 382 g/mol. The number of alkyl carbamates (subject to hydrolysis) is 1. The van der Waals surface area contributed by atoms with Crippen LogP contribution >= 0.6 is 0 Å². The Balaban J connectivity index is 1.73. The van der Waals surface area contributed by atoms with E-state index in [1.165, 1.54) is 5.56 Å². The lowest BCUT2D eigenvalue weighted by molar-refractivity contribution is 0.0483. The maximum absolute atomic E-state index is 12.5. The molecule has 0 radical (unpaired) electrons. The quantitative estimate of drug-likeness (QED) is 0.813. The molecule has 1 aliphatic heterocycles. The largest absolute Gasteiger partial charge is 0.444 e. The molecule has 1 fully saturated rings. The van der Waals surface area contributed by atoms with E-state index in [0.29, 0.717) is 6.04 Å². The summed E-state index contributed by atoms with van der Waals surface area (Å²) in [4.78, 5) is 19.5. The zero-order chi connectivity index (χ0) is 20.1. The normalized spacial score (nSPS) is 19.8. The van der Waals surface area contributed by atoms with Crippen molar-refractivity contribution in [3.05, 3.63) is 66.0 Å². The summed E-state index contributed by atoms with van der Waals surface area (Å²) in [5.41, 5.74) is 1.67. The van der Waals surface area contributed by atoms with E-state index in [0.717, 1.165) is 25.2 Å². The maximum atomic E-state index is 12.5. The summed E-state index contributed by atoms with van der Waals surface area (Å²) < 4.78 is 5.50. The molecule has 5 heteroatoms. The fourth-order valence-electron chi connectivity index (χ4n) is 3.81. The van der Waals surface area contributed by atoms with Gasteiger partial charge in [0.1, 0.15) is 5.60 Å². The highest BCUT2D eigenvalue weighted by atomic mass is 16.6. The van der Waals surface area contributed by atoms with Gasteiger partial charge in [-0.3, -0.25) is 9.88 Å². The first-order valence-corrected chi connectivity index (χ1v) is 10.0. The van der Waals surface area contributed by atoms with E-state index in [1.54, 1.807) is 6.20 Å². The molecule has 3 atom stereocenters. The van der Waals surface area contributed by atoms with Gasteiger partial charge in [0.05, 0.1) is 11.7 Å². The van der Waals surface area contributed by atoms with Crippen molar-refractivity contribution in [1.82, 2.24) is 15.2 Å². The molecule has 2 heterocycles. The number of pyridine rings is 1. The Morgan fingerprint density at radius 1 is 1.18 bits per heavy atom. The van der Waals surface area contributed by atoms with Crippen LogP contribution in [0.3, 0.4) is 0 Å². The number of hydrogen-bond acceptors (Lipinski definition) is 4. The number of aromatic nitrogens is 1. The van der Waals surface area contributed by atoms with Gasteiger partial charge in [0.2, 0.25) is 0 Å². The predicted octanol–water partition coefficient (Wildman–Crippen LogP) is 4.73. The van der Waals surface area contributed by atoms with E-state index in [2.05, 4.69) is 46.4 Å². The number of hydrogen-bond donors (Lipinski definition) is 1. The molecule has 150 valence electrons. The fraction of sp³-hybridized carbons (Fsp3) is 0.478. The molecule has 5 nitrogen and oxygen atoms in total. The minimum Gasteiger partial charge on any atom is -0.444 e. The van der Waals surface area contributed by atoms with Gasteiger partial charge in [0, 0.05) is 18.8 Å². The highest BCUT2D eigenvalue weighted by Gasteiger charge is 2.35. The second kappa shape index (κ2) is 8.74. The van der Waals surface area contributed by atoms with Crippen LogP contribution in [-0.4, -0.2) is 34.7 Å². The third-order valence-corrected chi connectivity index (χ3v) is 5.24. The molecule has 0 spiro atoms. The molecule has 2 unspecified atom stereocenters. The second-order valence-corrected chi connectivity index (χ2v) is 8.51. The summed E-state index contributed by atoms with van der Waals surface area (Å²) in [5.74, 6) is 0.286. The third kappa shape index (κ3) is 5.32. The molecule has 0 aliphatic carbocycles. The number of likely N-dealkylation sites (tertiary alicyclic amines) is 1. The molecule has 1 N–H and O–H groups in total. The summed E-state index contributed by atoms with van der Waals surface area (Å²) in [6, 6.07) is 16.6. The number of nitrogens with one attached hydrogen (secondary N) is 1. The van der Waals surface area contributed by atoms with Crippen molar-refractivity contribution in [2.24, 2.45) is 5.92 Å². The van der Waals surface area contributed by atoms with Crippen LogP contribution in [0.4, 0.5) is 4.79 Å². The molecule has 1 saturated heterocycles. The molecular weight excluding hydrogens is 350 g/mol. The molecule has 1 aromatic heterocycles. The van der Waals surface area contributed by atoms with Crippen LogP contribution in [0, 0.1) is 5.92 Å². The topological polar surface area (TPSA) is 54.5 Å². The van der Waals surface area contributed by atoms with E-state index in [-0.39, 0.29) is 12.0 Å². The summed E-state index contributed by atoms with van der Waals surface area (Å²) in [6.07, 6.45) is 2.39. The monoisotopic (exact) mass is 381 g/mol. The van der Waals surface area contributed by atoms with Crippen molar-refractivity contribution >= 4 is 6.09 Å². The number of carbonyl (C=O) groups is 1. The van der Waals surface area contributed by atoms with Gasteiger partial charge in [-0.2, -0.15) is 0 Å². The number of carbonyl (C=O) groups excluding carboxylic acids is 1. The van der Waals surface area contributed by atoms with E-state index < -0.39 is 11.7 Å². The Bertz CT molecular complexity index is 758. The van der Waals surface area contributed by atoms with Crippen molar-refractivity contribution in [2.75, 3.05) is 13.1 Å². The molecule has 1 aliphatic rings. The van der Waals surface area contributed by atoms with Crippen molar-refractivity contribution in [2.45, 2.75) is 51.8 Å². The van der Waals surface area contributed by atoms with E-state index in [9.17, 15) is 4.79 Å². The van der Waals surface area contributed by atoms with Gasteiger partial charge >= 0.3 is 6.09 Å². The first-order valence-electron chi connectivity index (χ1n) is 10.0. The summed E-state index contributed by atoms with van der Waals surface area (Å²) >= 11 is 0. The zero-order valence-corrected chi connectivity index (χ0v) is 17.3. The van der Waals surface area contributed by atoms with Gasteiger partial charge in [0.15, 0.2) is 0 Å². The van der Waals surface area contributed by atoms with Gasteiger partial charge in [-0.15, -0.1) is 0 Å². The lowest BCUT2D eigenvalue weighted by atomic mass is 9.95. The standard InChI is InChI=1S/C23H31N3O2/c1-17(18-10-6-5-7-11-18)26-15-13-19(16-26)21(20-12-8-9-14-24-20)25-22(27)28-23(2,3)4/h5-12,14,17,19,21H,13,15-16H2,1-4H3,(H,25,27)/t17?,19?,21-/m1/s1. The third-order valence-electron chi connectivity index (χ3n) is 5.24. The van der Waals surface area contributed by atoms with Crippen LogP contribution < -0.4 is 5.32 Å². The lowest BCUT2D eigenvalue weighted by Crippen LogP contribution is -2.39. The second-order valence-electron chi connectivity index (χ2n) is 8.51. The van der Waals surface area contributed by atoms with Gasteiger partial charge in [-0.1, -0.05) is 36.4 Å². The maximum Gasteiger partial charge on any atom is 0.408 e. The number of ether oxygens (including phenoxy) is 1. The molecule has 0 saturated carbocycles. The molecule has 3 rings (SSSR count). The number of amides is 1. The molecule has 0 bridgehead atoms. The predicted molar refractivity (Wildman–Crippen MR) is 111 cm³/mol. The zero-order valence-electron chi connectivity index (χ0n) is 17.3. The van der Waals surface area contributed by atoms with Gasteiger partial charge in [0.25, 0.3) is 0 Å². The Hall–Kier alpha value is -2.40. The van der Waals surface area contributed by atoms with E-state index in [1.807, 2.05) is 45.0 Å². The summed E-state index contributed by atoms with van der Waals surface area (Å²) in [5, 5.41) is 3.08. The SMILES string of the molecule is CC(c1ccccc1)N1CCC([C@@H](NC(=O)OC(C)(C)C)c2ccccn2)C1. The molecule has 2 aromatic rings. The molecular formula is C23H31N3O2. The highest BCUT2D eigenvalue weighted by Crippen LogP contribution is 2.34. The van der Waals surface area contributed by atoms with Gasteiger partial charge < -0.3 is 10.1 Å². The molecule has 28 heavy (non-hydrogen) atoms. The Morgan fingerprint density at radius 3 is 2.54 bits per heavy atom. The summed E-state index contributed by atoms with van der Waals surface area (Å²) in [6.45, 7) is 9.78. The van der Waals surface area contributed by atoms with Crippen molar-refractivity contribution < 1.29 is 9.53 Å². The average Bonchev–Trinajstić information content (AvgIpc) is 3.15. The first kappa shape index (κ1) is 20.3. The Kier molecular flexibility index (Phi) is 6.35. The lowest BCUT2D eigenvalue weighted by Gasteiger charge is -2.28. The number of benzene rings is 1. The van der Waals surface area contributed by atoms with Crippen molar-refractivity contribution in [1.29, 1.82) is 0 Å². The van der Waals surface area contributed by atoms with Crippen molar-refractivity contribution in [3.8, 4) is 0 Å². The smallest absolute Gasteiger partial charge is 0.408 e. The Labute approximate surface area is 168 Å². The van der Waals surface area contributed by atoms with Crippen LogP contribution in [0.1, 0.15) is 57.5 Å². The fourth-order valence-corrected chi connectivity index (χ4v) is 3.81. The first-order chi connectivity index (χ1) is 13.3. The highest BCUT2D eigenvalue weighted by molar-refractivity contribution is 5.68. The van der Waals surface area contributed by atoms with Gasteiger partial charge in [-0.05, 0) is 64.3 Å². The van der Waals surface area contributed by atoms with Crippen LogP contribution in [0.15, 0.2) is 54.7 Å².